The fraction of sp³-hybridized carbons (Fsp3) is 0.0435. The van der Waals surface area contributed by atoms with E-state index < -0.39 is 0 Å². The maximum atomic E-state index is 6.87. The molecule has 0 spiro atoms. The van der Waals surface area contributed by atoms with Gasteiger partial charge in [-0.05, 0) is 40.8 Å². The molecule has 5 aromatic rings. The molecule has 0 N–H and O–H groups in total. The standard InChI is InChI=1S/C23H15ClO2/c1-25-16-11-10-15-12-20-22(23(24)18(15)13-16)21-17(8-5-9-19(21)26-20)14-6-3-2-4-7-14/h2-13H,1H3. The summed E-state index contributed by atoms with van der Waals surface area (Å²) in [6.45, 7) is 0. The van der Waals surface area contributed by atoms with Crippen molar-refractivity contribution in [3.8, 4) is 16.9 Å². The molecule has 0 saturated carbocycles. The lowest BCUT2D eigenvalue weighted by Gasteiger charge is -2.07. The second-order valence-corrected chi connectivity index (χ2v) is 6.68. The molecule has 0 radical (unpaired) electrons. The topological polar surface area (TPSA) is 22.4 Å². The molecule has 1 heterocycles. The van der Waals surface area contributed by atoms with Gasteiger partial charge in [0.05, 0.1) is 12.1 Å². The van der Waals surface area contributed by atoms with E-state index in [1.165, 1.54) is 0 Å². The Morgan fingerprint density at radius 3 is 2.46 bits per heavy atom. The van der Waals surface area contributed by atoms with Crippen molar-refractivity contribution in [2.24, 2.45) is 0 Å². The summed E-state index contributed by atoms with van der Waals surface area (Å²) in [6.07, 6.45) is 0. The number of halogens is 1. The van der Waals surface area contributed by atoms with Crippen LogP contribution in [-0.4, -0.2) is 7.11 Å². The van der Waals surface area contributed by atoms with E-state index in [0.717, 1.165) is 49.6 Å². The van der Waals surface area contributed by atoms with Crippen LogP contribution in [0, 0.1) is 0 Å². The van der Waals surface area contributed by atoms with E-state index in [-0.39, 0.29) is 0 Å². The number of ether oxygens (including phenoxy) is 1. The highest BCUT2D eigenvalue weighted by Crippen LogP contribution is 2.43. The third kappa shape index (κ3) is 2.19. The first-order chi connectivity index (χ1) is 12.8. The van der Waals surface area contributed by atoms with Gasteiger partial charge in [-0.3, -0.25) is 0 Å². The van der Waals surface area contributed by atoms with Gasteiger partial charge in [-0.25, -0.2) is 0 Å². The summed E-state index contributed by atoms with van der Waals surface area (Å²) in [7, 11) is 1.66. The van der Waals surface area contributed by atoms with Crippen molar-refractivity contribution in [2.45, 2.75) is 0 Å². The monoisotopic (exact) mass is 358 g/mol. The zero-order valence-electron chi connectivity index (χ0n) is 14.1. The first-order valence-corrected chi connectivity index (χ1v) is 8.81. The number of hydrogen-bond donors (Lipinski definition) is 0. The van der Waals surface area contributed by atoms with Crippen LogP contribution in [-0.2, 0) is 0 Å². The molecule has 0 atom stereocenters. The molecule has 1 aromatic heterocycles. The average molecular weight is 359 g/mol. The molecular weight excluding hydrogens is 344 g/mol. The van der Waals surface area contributed by atoms with Crippen molar-refractivity contribution in [1.29, 1.82) is 0 Å². The first-order valence-electron chi connectivity index (χ1n) is 8.43. The zero-order chi connectivity index (χ0) is 17.7. The number of benzene rings is 4. The van der Waals surface area contributed by atoms with Gasteiger partial charge in [-0.15, -0.1) is 0 Å². The van der Waals surface area contributed by atoms with Gasteiger partial charge in [0.15, 0.2) is 0 Å². The molecule has 0 saturated heterocycles. The van der Waals surface area contributed by atoms with E-state index in [0.29, 0.717) is 5.02 Å². The van der Waals surface area contributed by atoms with Crippen LogP contribution < -0.4 is 4.74 Å². The summed E-state index contributed by atoms with van der Waals surface area (Å²) in [5.41, 5.74) is 3.89. The molecule has 5 rings (SSSR count). The van der Waals surface area contributed by atoms with Crippen LogP contribution in [0.3, 0.4) is 0 Å². The van der Waals surface area contributed by atoms with Gasteiger partial charge in [-0.2, -0.15) is 0 Å². The number of rotatable bonds is 2. The van der Waals surface area contributed by atoms with Crippen molar-refractivity contribution < 1.29 is 9.15 Å². The summed E-state index contributed by atoms with van der Waals surface area (Å²) in [4.78, 5) is 0. The fourth-order valence-electron chi connectivity index (χ4n) is 3.60. The Morgan fingerprint density at radius 1 is 0.808 bits per heavy atom. The van der Waals surface area contributed by atoms with Gasteiger partial charge in [0.1, 0.15) is 16.9 Å². The van der Waals surface area contributed by atoms with Gasteiger partial charge in [-0.1, -0.05) is 60.1 Å². The van der Waals surface area contributed by atoms with Crippen molar-refractivity contribution >= 4 is 44.3 Å². The van der Waals surface area contributed by atoms with E-state index in [4.69, 9.17) is 20.8 Å². The molecule has 0 unspecified atom stereocenters. The van der Waals surface area contributed by atoms with E-state index in [9.17, 15) is 0 Å². The second-order valence-electron chi connectivity index (χ2n) is 6.30. The van der Waals surface area contributed by atoms with Gasteiger partial charge in [0, 0.05) is 16.2 Å². The third-order valence-electron chi connectivity index (χ3n) is 4.83. The van der Waals surface area contributed by atoms with Crippen LogP contribution in [0.5, 0.6) is 5.75 Å². The minimum Gasteiger partial charge on any atom is -0.497 e. The van der Waals surface area contributed by atoms with E-state index >= 15 is 0 Å². The van der Waals surface area contributed by atoms with E-state index in [1.54, 1.807) is 7.11 Å². The second kappa shape index (κ2) is 5.79. The quantitative estimate of drug-likeness (QED) is 0.336. The normalized spacial score (nSPS) is 11.5. The highest BCUT2D eigenvalue weighted by molar-refractivity contribution is 6.43. The maximum Gasteiger partial charge on any atom is 0.137 e. The van der Waals surface area contributed by atoms with Crippen LogP contribution in [0.1, 0.15) is 0 Å². The summed E-state index contributed by atoms with van der Waals surface area (Å²) in [5, 5.41) is 4.68. The molecule has 0 bridgehead atoms. The molecule has 0 amide bonds. The van der Waals surface area contributed by atoms with E-state index in [2.05, 4.69) is 18.2 Å². The van der Waals surface area contributed by atoms with Crippen LogP contribution in [0.15, 0.2) is 77.2 Å². The van der Waals surface area contributed by atoms with Gasteiger partial charge in [0.2, 0.25) is 0 Å². The molecule has 26 heavy (non-hydrogen) atoms. The third-order valence-corrected chi connectivity index (χ3v) is 5.22. The molecule has 4 aromatic carbocycles. The van der Waals surface area contributed by atoms with Crippen LogP contribution in [0.4, 0.5) is 0 Å². The highest BCUT2D eigenvalue weighted by atomic mass is 35.5. The summed E-state index contributed by atoms with van der Waals surface area (Å²) in [6, 6.07) is 24.4. The Hall–Kier alpha value is -2.97. The summed E-state index contributed by atoms with van der Waals surface area (Å²) >= 11 is 6.87. The molecule has 3 heteroatoms. The zero-order valence-corrected chi connectivity index (χ0v) is 14.9. The van der Waals surface area contributed by atoms with Crippen molar-refractivity contribution in [3.05, 3.63) is 77.8 Å². The molecule has 2 nitrogen and oxygen atoms in total. The Balaban J connectivity index is 1.95. The number of fused-ring (bicyclic) bond motifs is 4. The van der Waals surface area contributed by atoms with Gasteiger partial charge in [0.25, 0.3) is 0 Å². The molecular formula is C23H15ClO2. The van der Waals surface area contributed by atoms with Gasteiger partial charge >= 0.3 is 0 Å². The molecule has 0 aliphatic rings. The predicted molar refractivity (Wildman–Crippen MR) is 108 cm³/mol. The first kappa shape index (κ1) is 15.3. The highest BCUT2D eigenvalue weighted by Gasteiger charge is 2.17. The van der Waals surface area contributed by atoms with Crippen LogP contribution in [0.25, 0.3) is 43.8 Å². The van der Waals surface area contributed by atoms with Gasteiger partial charge < -0.3 is 9.15 Å². The largest absolute Gasteiger partial charge is 0.497 e. The lowest BCUT2D eigenvalue weighted by atomic mass is 9.98. The Kier molecular flexibility index (Phi) is 3.41. The Bertz CT molecular complexity index is 1270. The van der Waals surface area contributed by atoms with Crippen LogP contribution >= 0.6 is 11.6 Å². The molecule has 0 aliphatic heterocycles. The Labute approximate surface area is 155 Å². The summed E-state index contributed by atoms with van der Waals surface area (Å²) < 4.78 is 11.5. The summed E-state index contributed by atoms with van der Waals surface area (Å²) in [5.74, 6) is 0.787. The number of methoxy groups -OCH3 is 1. The average Bonchev–Trinajstić information content (AvgIpc) is 3.07. The lowest BCUT2D eigenvalue weighted by molar-refractivity contribution is 0.415. The van der Waals surface area contributed by atoms with E-state index in [1.807, 2.05) is 54.6 Å². The fourth-order valence-corrected chi connectivity index (χ4v) is 3.95. The predicted octanol–water partition coefficient (Wildman–Crippen LogP) is 7.07. The smallest absolute Gasteiger partial charge is 0.137 e. The van der Waals surface area contributed by atoms with Crippen LogP contribution in [0.2, 0.25) is 5.02 Å². The van der Waals surface area contributed by atoms with Crippen molar-refractivity contribution in [3.63, 3.8) is 0 Å². The molecule has 126 valence electrons. The lowest BCUT2D eigenvalue weighted by Crippen LogP contribution is -1.84. The minimum atomic E-state index is 0.693. The molecule has 0 aliphatic carbocycles. The maximum absolute atomic E-state index is 6.87. The number of furan rings is 1. The SMILES string of the molecule is COc1ccc2cc3oc4cccc(-c5ccccc5)c4c3c(Cl)c2c1. The Morgan fingerprint density at radius 2 is 1.65 bits per heavy atom. The number of hydrogen-bond acceptors (Lipinski definition) is 2. The molecule has 0 fully saturated rings. The van der Waals surface area contributed by atoms with Crippen molar-refractivity contribution in [2.75, 3.05) is 7.11 Å². The minimum absolute atomic E-state index is 0.693. The van der Waals surface area contributed by atoms with Crippen molar-refractivity contribution in [1.82, 2.24) is 0 Å².